The van der Waals surface area contributed by atoms with Crippen LogP contribution in [0.15, 0.2) is 53.7 Å². The number of hydrogen-bond acceptors (Lipinski definition) is 6. The molecule has 164 valence electrons. The minimum absolute atomic E-state index is 0.140. The van der Waals surface area contributed by atoms with Gasteiger partial charge in [0.15, 0.2) is 6.61 Å². The van der Waals surface area contributed by atoms with Crippen LogP contribution in [-0.4, -0.2) is 56.5 Å². The van der Waals surface area contributed by atoms with Crippen LogP contribution in [0.25, 0.3) is 0 Å². The van der Waals surface area contributed by atoms with Crippen LogP contribution in [0.4, 0.5) is 16.2 Å². The van der Waals surface area contributed by atoms with Gasteiger partial charge in [-0.1, -0.05) is 23.4 Å². The number of rotatable bonds is 7. The lowest BCUT2D eigenvalue weighted by Gasteiger charge is -2.27. The SMILES string of the molecule is COc1ccc(NC(=O)CON=C2CCN(C(=O)Nc3ccccc3)CC2)c(OC)c1. The number of benzene rings is 2. The molecule has 3 rings (SSSR count). The highest BCUT2D eigenvalue weighted by molar-refractivity contribution is 5.94. The number of hydrogen-bond donors (Lipinski definition) is 2. The number of anilines is 2. The van der Waals surface area contributed by atoms with E-state index in [1.54, 1.807) is 30.2 Å². The molecule has 0 atom stereocenters. The Bertz CT molecular complexity index is 923. The third-order valence-corrected chi connectivity index (χ3v) is 4.72. The van der Waals surface area contributed by atoms with Crippen molar-refractivity contribution in [2.45, 2.75) is 12.8 Å². The van der Waals surface area contributed by atoms with Crippen LogP contribution in [-0.2, 0) is 9.63 Å². The number of ether oxygens (including phenoxy) is 2. The first-order valence-electron chi connectivity index (χ1n) is 9.89. The Kier molecular flexibility index (Phi) is 7.69. The maximum Gasteiger partial charge on any atom is 0.321 e. The molecule has 1 saturated heterocycles. The molecule has 0 saturated carbocycles. The van der Waals surface area contributed by atoms with E-state index in [1.807, 2.05) is 30.3 Å². The van der Waals surface area contributed by atoms with Crippen LogP contribution >= 0.6 is 0 Å². The van der Waals surface area contributed by atoms with Crippen LogP contribution < -0.4 is 20.1 Å². The fourth-order valence-electron chi connectivity index (χ4n) is 3.05. The number of carbonyl (C=O) groups is 2. The molecule has 0 aromatic heterocycles. The number of methoxy groups -OCH3 is 2. The molecule has 2 N–H and O–H groups in total. The van der Waals surface area contributed by atoms with Gasteiger partial charge in [-0.15, -0.1) is 0 Å². The molecule has 0 unspecified atom stereocenters. The van der Waals surface area contributed by atoms with E-state index in [2.05, 4.69) is 15.8 Å². The van der Waals surface area contributed by atoms with Gasteiger partial charge in [0, 0.05) is 37.7 Å². The van der Waals surface area contributed by atoms with E-state index >= 15 is 0 Å². The Labute approximate surface area is 181 Å². The van der Waals surface area contributed by atoms with Crippen molar-refractivity contribution in [2.75, 3.05) is 44.5 Å². The second-order valence-electron chi connectivity index (χ2n) is 6.83. The first-order chi connectivity index (χ1) is 15.1. The molecule has 0 spiro atoms. The summed E-state index contributed by atoms with van der Waals surface area (Å²) in [6.45, 7) is 0.850. The molecule has 9 heteroatoms. The Morgan fingerprint density at radius 2 is 1.74 bits per heavy atom. The number of carbonyl (C=O) groups excluding carboxylic acids is 2. The van der Waals surface area contributed by atoms with Crippen molar-refractivity contribution >= 4 is 29.0 Å². The summed E-state index contributed by atoms with van der Waals surface area (Å²) in [6.07, 6.45) is 1.19. The number of para-hydroxylation sites is 1. The Morgan fingerprint density at radius 1 is 1.00 bits per heavy atom. The van der Waals surface area contributed by atoms with E-state index in [0.717, 1.165) is 11.4 Å². The number of nitrogens with one attached hydrogen (secondary N) is 2. The minimum atomic E-state index is -0.354. The summed E-state index contributed by atoms with van der Waals surface area (Å²) in [5, 5.41) is 9.65. The summed E-state index contributed by atoms with van der Waals surface area (Å²) in [5.41, 5.74) is 2.09. The first kappa shape index (κ1) is 21.9. The largest absolute Gasteiger partial charge is 0.497 e. The standard InChI is InChI=1S/C22H26N4O5/c1-29-18-8-9-19(20(14-18)30-2)24-21(27)15-31-25-17-10-12-26(13-11-17)22(28)23-16-6-4-3-5-7-16/h3-9,14H,10-13,15H2,1-2H3,(H,23,28)(H,24,27). The van der Waals surface area contributed by atoms with Crippen LogP contribution in [0.3, 0.4) is 0 Å². The fourth-order valence-corrected chi connectivity index (χ4v) is 3.05. The van der Waals surface area contributed by atoms with Gasteiger partial charge in [-0.3, -0.25) is 4.79 Å². The minimum Gasteiger partial charge on any atom is -0.497 e. The monoisotopic (exact) mass is 426 g/mol. The molecule has 31 heavy (non-hydrogen) atoms. The van der Waals surface area contributed by atoms with Crippen molar-refractivity contribution < 1.29 is 23.9 Å². The average molecular weight is 426 g/mol. The molecular formula is C22H26N4O5. The van der Waals surface area contributed by atoms with Crippen LogP contribution in [0, 0.1) is 0 Å². The zero-order valence-corrected chi connectivity index (χ0v) is 17.6. The molecule has 1 aliphatic heterocycles. The molecule has 2 aromatic carbocycles. The zero-order chi connectivity index (χ0) is 22.1. The van der Waals surface area contributed by atoms with Gasteiger partial charge >= 0.3 is 6.03 Å². The highest BCUT2D eigenvalue weighted by atomic mass is 16.6. The van der Waals surface area contributed by atoms with E-state index in [-0.39, 0.29) is 18.5 Å². The van der Waals surface area contributed by atoms with Gasteiger partial charge in [-0.05, 0) is 24.3 Å². The Hall–Kier alpha value is -3.75. The number of likely N-dealkylation sites (tertiary alicyclic amines) is 1. The van der Waals surface area contributed by atoms with Crippen LogP contribution in [0.5, 0.6) is 11.5 Å². The van der Waals surface area contributed by atoms with E-state index in [1.165, 1.54) is 7.11 Å². The smallest absolute Gasteiger partial charge is 0.321 e. The van der Waals surface area contributed by atoms with Gasteiger partial charge in [-0.25, -0.2) is 4.79 Å². The normalized spacial score (nSPS) is 13.2. The van der Waals surface area contributed by atoms with Crippen molar-refractivity contribution in [1.82, 2.24) is 4.90 Å². The van der Waals surface area contributed by atoms with Crippen LogP contribution in [0.2, 0.25) is 0 Å². The van der Waals surface area contributed by atoms with Crippen molar-refractivity contribution in [3.8, 4) is 11.5 Å². The molecule has 1 heterocycles. The zero-order valence-electron chi connectivity index (χ0n) is 17.6. The quantitative estimate of drug-likeness (QED) is 0.661. The third kappa shape index (κ3) is 6.36. The molecule has 2 aromatic rings. The predicted molar refractivity (Wildman–Crippen MR) is 118 cm³/mol. The second kappa shape index (κ2) is 10.9. The Morgan fingerprint density at radius 3 is 2.42 bits per heavy atom. The molecule has 1 fully saturated rings. The van der Waals surface area contributed by atoms with Crippen molar-refractivity contribution in [2.24, 2.45) is 5.16 Å². The van der Waals surface area contributed by atoms with E-state index in [9.17, 15) is 9.59 Å². The summed E-state index contributed by atoms with van der Waals surface area (Å²) in [5.74, 6) is 0.758. The van der Waals surface area contributed by atoms with Crippen LogP contribution in [0.1, 0.15) is 12.8 Å². The second-order valence-corrected chi connectivity index (χ2v) is 6.83. The fraction of sp³-hybridized carbons (Fsp3) is 0.318. The maximum absolute atomic E-state index is 12.3. The lowest BCUT2D eigenvalue weighted by molar-refractivity contribution is -0.120. The lowest BCUT2D eigenvalue weighted by atomic mass is 10.1. The van der Waals surface area contributed by atoms with Crippen molar-refractivity contribution in [3.63, 3.8) is 0 Å². The summed E-state index contributed by atoms with van der Waals surface area (Å²) in [4.78, 5) is 31.4. The number of nitrogens with zero attached hydrogens (tertiary/aromatic N) is 2. The molecule has 3 amide bonds. The maximum atomic E-state index is 12.3. The summed E-state index contributed by atoms with van der Waals surface area (Å²) < 4.78 is 10.4. The molecule has 0 bridgehead atoms. The Balaban J connectivity index is 1.42. The summed E-state index contributed by atoms with van der Waals surface area (Å²) >= 11 is 0. The lowest BCUT2D eigenvalue weighted by Crippen LogP contribution is -2.41. The summed E-state index contributed by atoms with van der Waals surface area (Å²) in [6, 6.07) is 14.3. The van der Waals surface area contributed by atoms with E-state index < -0.39 is 0 Å². The number of oxime groups is 1. The highest BCUT2D eigenvalue weighted by Crippen LogP contribution is 2.28. The van der Waals surface area contributed by atoms with E-state index in [4.69, 9.17) is 14.3 Å². The average Bonchev–Trinajstić information content (AvgIpc) is 2.80. The molecule has 0 radical (unpaired) electrons. The van der Waals surface area contributed by atoms with Gasteiger partial charge in [0.05, 0.1) is 25.6 Å². The third-order valence-electron chi connectivity index (χ3n) is 4.72. The van der Waals surface area contributed by atoms with Gasteiger partial charge in [0.25, 0.3) is 5.91 Å². The van der Waals surface area contributed by atoms with Crippen molar-refractivity contribution in [3.05, 3.63) is 48.5 Å². The predicted octanol–water partition coefficient (Wildman–Crippen LogP) is 3.34. The number of piperidine rings is 1. The van der Waals surface area contributed by atoms with Gasteiger partial charge in [0.2, 0.25) is 0 Å². The highest BCUT2D eigenvalue weighted by Gasteiger charge is 2.20. The summed E-state index contributed by atoms with van der Waals surface area (Å²) in [7, 11) is 3.07. The molecule has 1 aliphatic rings. The molecular weight excluding hydrogens is 400 g/mol. The number of urea groups is 1. The van der Waals surface area contributed by atoms with Crippen molar-refractivity contribution in [1.29, 1.82) is 0 Å². The van der Waals surface area contributed by atoms with Gasteiger partial charge in [-0.2, -0.15) is 0 Å². The molecule has 0 aliphatic carbocycles. The first-order valence-corrected chi connectivity index (χ1v) is 9.89. The molecule has 9 nitrogen and oxygen atoms in total. The number of amides is 3. The van der Waals surface area contributed by atoms with E-state index in [0.29, 0.717) is 43.1 Å². The topological polar surface area (TPSA) is 101 Å². The van der Waals surface area contributed by atoms with Gasteiger partial charge in [0.1, 0.15) is 11.5 Å². The van der Waals surface area contributed by atoms with Gasteiger partial charge < -0.3 is 29.8 Å².